The Balaban J connectivity index is 1.65. The number of aromatic nitrogens is 1. The number of non-ortho nitro benzene ring substituents is 1. The van der Waals surface area contributed by atoms with Crippen LogP contribution in [0.1, 0.15) is 44.2 Å². The van der Waals surface area contributed by atoms with Gasteiger partial charge in [-0.1, -0.05) is 26.0 Å². The maximum atomic E-state index is 11.3. The maximum absolute atomic E-state index is 11.3. The third-order valence-electron chi connectivity index (χ3n) is 5.64. The molecule has 1 N–H and O–H groups in total. The Labute approximate surface area is 196 Å². The van der Waals surface area contributed by atoms with Crippen LogP contribution in [0.2, 0.25) is 0 Å². The first kappa shape index (κ1) is 23.0. The highest BCUT2D eigenvalue weighted by Gasteiger charge is 2.16. The number of aliphatic imine (C=N–C) groups is 1. The first-order valence-electron chi connectivity index (χ1n) is 11.1. The summed E-state index contributed by atoms with van der Waals surface area (Å²) in [6, 6.07) is 15.8. The number of hydrogen-bond acceptors (Lipinski definition) is 7. The summed E-state index contributed by atoms with van der Waals surface area (Å²) in [5.74, 6) is 0.749. The minimum absolute atomic E-state index is 0.0372. The van der Waals surface area contributed by atoms with Crippen LogP contribution >= 0.6 is 0 Å². The molecular weight excluding hydrogens is 434 g/mol. The molecule has 0 spiro atoms. The highest BCUT2D eigenvalue weighted by Crippen LogP contribution is 2.34. The van der Waals surface area contributed by atoms with Crippen LogP contribution in [0.15, 0.2) is 64.0 Å². The molecule has 1 atom stereocenters. The molecule has 0 amide bonds. The number of fused-ring (bicyclic) bond motifs is 1. The van der Waals surface area contributed by atoms with Gasteiger partial charge in [-0.05, 0) is 55.2 Å². The van der Waals surface area contributed by atoms with Gasteiger partial charge in [0.2, 0.25) is 5.89 Å². The van der Waals surface area contributed by atoms with Crippen molar-refractivity contribution in [1.82, 2.24) is 4.98 Å². The predicted molar refractivity (Wildman–Crippen MR) is 131 cm³/mol. The zero-order valence-electron chi connectivity index (χ0n) is 19.2. The molecule has 8 heteroatoms. The summed E-state index contributed by atoms with van der Waals surface area (Å²) in [6.07, 6.45) is 2.41. The molecule has 0 aliphatic carbocycles. The van der Waals surface area contributed by atoms with E-state index in [1.54, 1.807) is 19.1 Å². The molecule has 0 unspecified atom stereocenters. The first-order valence-corrected chi connectivity index (χ1v) is 11.1. The van der Waals surface area contributed by atoms with Gasteiger partial charge in [0.25, 0.3) is 5.69 Å². The minimum atomic E-state index is -0.542. The fourth-order valence-electron chi connectivity index (χ4n) is 3.56. The van der Waals surface area contributed by atoms with Gasteiger partial charge in [0, 0.05) is 23.4 Å². The Bertz CT molecular complexity index is 1380. The minimum Gasteiger partial charge on any atom is -0.504 e. The van der Waals surface area contributed by atoms with E-state index in [1.807, 2.05) is 18.2 Å². The molecule has 34 heavy (non-hydrogen) atoms. The molecule has 0 saturated heterocycles. The molecule has 8 nitrogen and oxygen atoms in total. The van der Waals surface area contributed by atoms with Gasteiger partial charge in [-0.3, -0.25) is 15.1 Å². The summed E-state index contributed by atoms with van der Waals surface area (Å²) in [5, 5.41) is 21.7. The van der Waals surface area contributed by atoms with Crippen LogP contribution in [0.4, 0.5) is 11.4 Å². The molecule has 0 radical (unpaired) electrons. The second kappa shape index (κ2) is 9.74. The van der Waals surface area contributed by atoms with Crippen LogP contribution in [-0.2, 0) is 0 Å². The van der Waals surface area contributed by atoms with E-state index in [0.29, 0.717) is 23.1 Å². The summed E-state index contributed by atoms with van der Waals surface area (Å²) in [7, 11) is 0. The van der Waals surface area contributed by atoms with Crippen molar-refractivity contribution in [2.24, 2.45) is 4.99 Å². The van der Waals surface area contributed by atoms with E-state index in [0.717, 1.165) is 17.5 Å². The predicted octanol–water partition coefficient (Wildman–Crippen LogP) is 6.77. The zero-order chi connectivity index (χ0) is 24.2. The number of hydrogen-bond donors (Lipinski definition) is 1. The second-order valence-corrected chi connectivity index (χ2v) is 7.94. The van der Waals surface area contributed by atoms with Gasteiger partial charge in [0.15, 0.2) is 17.1 Å². The number of benzene rings is 3. The van der Waals surface area contributed by atoms with Crippen molar-refractivity contribution in [3.8, 4) is 23.0 Å². The smallest absolute Gasteiger partial charge is 0.274 e. The molecule has 0 aliphatic heterocycles. The molecule has 3 aromatic carbocycles. The number of rotatable bonds is 8. The van der Waals surface area contributed by atoms with Crippen molar-refractivity contribution in [1.29, 1.82) is 0 Å². The lowest BCUT2D eigenvalue weighted by molar-refractivity contribution is -0.385. The molecule has 4 rings (SSSR count). The van der Waals surface area contributed by atoms with Crippen LogP contribution in [-0.4, -0.2) is 27.8 Å². The summed E-state index contributed by atoms with van der Waals surface area (Å²) in [5.41, 5.74) is 4.03. The molecule has 4 aromatic rings. The lowest BCUT2D eigenvalue weighted by atomic mass is 9.98. The Morgan fingerprint density at radius 2 is 2.03 bits per heavy atom. The molecule has 1 aromatic heterocycles. The van der Waals surface area contributed by atoms with Gasteiger partial charge < -0.3 is 14.3 Å². The quantitative estimate of drug-likeness (QED) is 0.177. The van der Waals surface area contributed by atoms with Crippen LogP contribution in [0.3, 0.4) is 0 Å². The van der Waals surface area contributed by atoms with Crippen LogP contribution < -0.4 is 4.74 Å². The van der Waals surface area contributed by atoms with Gasteiger partial charge in [0.05, 0.1) is 23.3 Å². The number of nitro benzene ring substituents is 1. The monoisotopic (exact) mass is 459 g/mol. The van der Waals surface area contributed by atoms with Crippen LogP contribution in [0.25, 0.3) is 22.6 Å². The van der Waals surface area contributed by atoms with Crippen LogP contribution in [0.5, 0.6) is 11.5 Å². The van der Waals surface area contributed by atoms with Crippen molar-refractivity contribution in [2.45, 2.75) is 33.1 Å². The molecular formula is C26H25N3O5. The topological polar surface area (TPSA) is 111 Å². The fourth-order valence-corrected chi connectivity index (χ4v) is 3.56. The van der Waals surface area contributed by atoms with Gasteiger partial charge in [-0.15, -0.1) is 0 Å². The number of phenolic OH excluding ortho intramolecular Hbond substituents is 1. The summed E-state index contributed by atoms with van der Waals surface area (Å²) >= 11 is 0. The second-order valence-electron chi connectivity index (χ2n) is 7.94. The third kappa shape index (κ3) is 4.76. The molecule has 0 bridgehead atoms. The lowest BCUT2D eigenvalue weighted by Crippen LogP contribution is -1.97. The maximum Gasteiger partial charge on any atom is 0.274 e. The highest BCUT2D eigenvalue weighted by molar-refractivity contribution is 5.88. The number of aromatic hydroxyl groups is 1. The van der Waals surface area contributed by atoms with Crippen LogP contribution in [0, 0.1) is 10.1 Å². The van der Waals surface area contributed by atoms with E-state index >= 15 is 0 Å². The van der Waals surface area contributed by atoms with Crippen molar-refractivity contribution < 1.29 is 19.2 Å². The van der Waals surface area contributed by atoms with Gasteiger partial charge in [-0.2, -0.15) is 0 Å². The van der Waals surface area contributed by atoms with E-state index in [4.69, 9.17) is 9.15 Å². The SMILES string of the molecule is CCOc1cc([N+](=O)[O-])cc(C=Nc2cccc(-c3nc4cc([C@@H](C)CC)ccc4o3)c2)c1O. The molecule has 0 aliphatic rings. The molecule has 1 heterocycles. The Morgan fingerprint density at radius 3 is 2.76 bits per heavy atom. The van der Waals surface area contributed by atoms with Crippen molar-refractivity contribution >= 4 is 28.7 Å². The largest absolute Gasteiger partial charge is 0.504 e. The zero-order valence-corrected chi connectivity index (χ0v) is 19.2. The average molecular weight is 460 g/mol. The number of phenols is 1. The van der Waals surface area contributed by atoms with Crippen molar-refractivity contribution in [2.75, 3.05) is 6.61 Å². The van der Waals surface area contributed by atoms with Crippen molar-refractivity contribution in [3.63, 3.8) is 0 Å². The number of oxazole rings is 1. The standard InChI is InChI=1S/C26H25N3O5/c1-4-16(3)17-9-10-23-22(13-17)28-26(34-23)18-7-6-8-20(11-18)27-15-19-12-21(29(31)32)14-24(25(19)30)33-5-2/h6-16,30H,4-5H2,1-3H3/t16-/m0/s1. The molecule has 174 valence electrons. The van der Waals surface area contributed by atoms with Crippen molar-refractivity contribution in [3.05, 3.63) is 75.8 Å². The first-order chi connectivity index (χ1) is 16.4. The van der Waals surface area contributed by atoms with Gasteiger partial charge in [-0.25, -0.2) is 4.98 Å². The Morgan fingerprint density at radius 1 is 1.21 bits per heavy atom. The van der Waals surface area contributed by atoms with E-state index < -0.39 is 4.92 Å². The summed E-state index contributed by atoms with van der Waals surface area (Å²) in [6.45, 7) is 6.33. The highest BCUT2D eigenvalue weighted by atomic mass is 16.6. The van der Waals surface area contributed by atoms with E-state index in [2.05, 4.69) is 36.0 Å². The van der Waals surface area contributed by atoms with E-state index in [1.165, 1.54) is 23.9 Å². The number of ether oxygens (including phenoxy) is 1. The van der Waals surface area contributed by atoms with Gasteiger partial charge >= 0.3 is 0 Å². The fraction of sp³-hybridized carbons (Fsp3) is 0.231. The Kier molecular flexibility index (Phi) is 6.58. The average Bonchev–Trinajstić information content (AvgIpc) is 3.27. The van der Waals surface area contributed by atoms with E-state index in [-0.39, 0.29) is 29.4 Å². The summed E-state index contributed by atoms with van der Waals surface area (Å²) in [4.78, 5) is 19.8. The van der Waals surface area contributed by atoms with Gasteiger partial charge in [0.1, 0.15) is 5.52 Å². The molecule has 0 saturated carbocycles. The normalized spacial score (nSPS) is 12.3. The number of nitro groups is 1. The lowest BCUT2D eigenvalue weighted by Gasteiger charge is -2.08. The summed E-state index contributed by atoms with van der Waals surface area (Å²) < 4.78 is 11.3. The van der Waals surface area contributed by atoms with E-state index in [9.17, 15) is 15.2 Å². The Hall–Kier alpha value is -4.20. The third-order valence-corrected chi connectivity index (χ3v) is 5.64. The molecule has 0 fully saturated rings. The number of nitrogens with zero attached hydrogens (tertiary/aromatic N) is 3.